The summed E-state index contributed by atoms with van der Waals surface area (Å²) in [6, 6.07) is 5.90. The molecule has 6 nitrogen and oxygen atoms in total. The first-order valence-electron chi connectivity index (χ1n) is 8.52. The molecule has 1 aliphatic heterocycles. The van der Waals surface area contributed by atoms with Crippen molar-refractivity contribution in [3.8, 4) is 11.5 Å². The maximum absolute atomic E-state index is 9.91. The van der Waals surface area contributed by atoms with Crippen LogP contribution in [0.25, 0.3) is 0 Å². The zero-order valence-electron chi connectivity index (χ0n) is 14.6. The molecule has 0 unspecified atom stereocenters. The second-order valence-electron chi connectivity index (χ2n) is 5.97. The summed E-state index contributed by atoms with van der Waals surface area (Å²) >= 11 is 0. The van der Waals surface area contributed by atoms with Gasteiger partial charge in [-0.1, -0.05) is 6.07 Å². The van der Waals surface area contributed by atoms with Crippen LogP contribution >= 0.6 is 0 Å². The van der Waals surface area contributed by atoms with Gasteiger partial charge in [-0.25, -0.2) is 0 Å². The molecule has 136 valence electrons. The number of benzene rings is 1. The van der Waals surface area contributed by atoms with Gasteiger partial charge in [-0.05, 0) is 43.5 Å². The van der Waals surface area contributed by atoms with Crippen molar-refractivity contribution in [2.75, 3.05) is 47.1 Å². The molecule has 2 N–H and O–H groups in total. The monoisotopic (exact) mass is 339 g/mol. The number of aliphatic hydroxyl groups is 1. The van der Waals surface area contributed by atoms with Gasteiger partial charge in [0, 0.05) is 13.2 Å². The quantitative estimate of drug-likeness (QED) is 0.594. The number of ether oxygens (including phenoxy) is 4. The fourth-order valence-electron chi connectivity index (χ4n) is 2.71. The largest absolute Gasteiger partial charge is 0.493 e. The van der Waals surface area contributed by atoms with Gasteiger partial charge in [0.15, 0.2) is 11.5 Å². The Morgan fingerprint density at radius 2 is 2.12 bits per heavy atom. The van der Waals surface area contributed by atoms with Crippen LogP contribution in [0, 0.1) is 0 Å². The first kappa shape index (κ1) is 19.0. The second-order valence-corrected chi connectivity index (χ2v) is 5.97. The summed E-state index contributed by atoms with van der Waals surface area (Å²) < 4.78 is 21.5. The molecule has 0 aliphatic carbocycles. The average molecular weight is 339 g/mol. The zero-order valence-corrected chi connectivity index (χ0v) is 14.6. The van der Waals surface area contributed by atoms with E-state index >= 15 is 0 Å². The lowest BCUT2D eigenvalue weighted by Gasteiger charge is -2.15. The average Bonchev–Trinajstić information content (AvgIpc) is 3.12. The molecule has 1 aliphatic rings. The van der Waals surface area contributed by atoms with Gasteiger partial charge in [0.2, 0.25) is 0 Å². The van der Waals surface area contributed by atoms with E-state index in [0.717, 1.165) is 49.5 Å². The highest BCUT2D eigenvalue weighted by atomic mass is 16.5. The molecule has 2 atom stereocenters. The van der Waals surface area contributed by atoms with Crippen LogP contribution in [0.5, 0.6) is 11.5 Å². The summed E-state index contributed by atoms with van der Waals surface area (Å²) in [7, 11) is 3.26. The van der Waals surface area contributed by atoms with Crippen LogP contribution in [-0.2, 0) is 15.9 Å². The van der Waals surface area contributed by atoms with Crippen molar-refractivity contribution in [2.24, 2.45) is 0 Å². The molecule has 1 fully saturated rings. The van der Waals surface area contributed by atoms with Crippen LogP contribution in [0.1, 0.15) is 18.4 Å². The summed E-state index contributed by atoms with van der Waals surface area (Å²) in [5.41, 5.74) is 1.16. The van der Waals surface area contributed by atoms with Gasteiger partial charge in [0.25, 0.3) is 0 Å². The summed E-state index contributed by atoms with van der Waals surface area (Å²) in [4.78, 5) is 0. The Hall–Kier alpha value is -1.34. The molecule has 0 radical (unpaired) electrons. The van der Waals surface area contributed by atoms with E-state index in [-0.39, 0.29) is 6.10 Å². The van der Waals surface area contributed by atoms with E-state index in [1.165, 1.54) is 0 Å². The molecule has 0 amide bonds. The van der Waals surface area contributed by atoms with Crippen molar-refractivity contribution < 1.29 is 24.1 Å². The standard InChI is InChI=1S/C18H29NO5/c1-21-17-6-5-14(10-18(17)22-2)7-8-19-11-15(20)12-23-13-16-4-3-9-24-16/h5-6,10,15-16,19-20H,3-4,7-9,11-13H2,1-2H3/t15-,16+/m0/s1. The van der Waals surface area contributed by atoms with Crippen molar-refractivity contribution in [1.29, 1.82) is 0 Å². The minimum absolute atomic E-state index is 0.204. The third-order valence-electron chi connectivity index (χ3n) is 4.06. The molecule has 2 rings (SSSR count). The number of methoxy groups -OCH3 is 2. The van der Waals surface area contributed by atoms with E-state index in [1.807, 2.05) is 18.2 Å². The van der Waals surface area contributed by atoms with Gasteiger partial charge in [-0.3, -0.25) is 0 Å². The molecular formula is C18H29NO5. The van der Waals surface area contributed by atoms with Crippen molar-refractivity contribution in [1.82, 2.24) is 5.32 Å². The summed E-state index contributed by atoms with van der Waals surface area (Å²) in [5.74, 6) is 1.46. The number of nitrogens with one attached hydrogen (secondary N) is 1. The van der Waals surface area contributed by atoms with Crippen LogP contribution in [0.3, 0.4) is 0 Å². The van der Waals surface area contributed by atoms with E-state index in [4.69, 9.17) is 18.9 Å². The third kappa shape index (κ3) is 6.28. The van der Waals surface area contributed by atoms with Crippen LogP contribution in [0.4, 0.5) is 0 Å². The first-order valence-corrected chi connectivity index (χ1v) is 8.52. The van der Waals surface area contributed by atoms with Crippen molar-refractivity contribution in [3.05, 3.63) is 23.8 Å². The van der Waals surface area contributed by atoms with Crippen LogP contribution < -0.4 is 14.8 Å². The van der Waals surface area contributed by atoms with Crippen molar-refractivity contribution >= 4 is 0 Å². The Bertz CT molecular complexity index is 476. The highest BCUT2D eigenvalue weighted by Crippen LogP contribution is 2.27. The molecule has 0 saturated carbocycles. The summed E-state index contributed by atoms with van der Waals surface area (Å²) in [5, 5.41) is 13.2. The summed E-state index contributed by atoms with van der Waals surface area (Å²) in [6.45, 7) is 3.03. The van der Waals surface area contributed by atoms with E-state index in [2.05, 4.69) is 5.32 Å². The van der Waals surface area contributed by atoms with Gasteiger partial charge < -0.3 is 29.4 Å². The Labute approximate surface area is 144 Å². The third-order valence-corrected chi connectivity index (χ3v) is 4.06. The predicted octanol–water partition coefficient (Wildman–Crippen LogP) is 1.39. The number of rotatable bonds is 11. The molecule has 0 bridgehead atoms. The van der Waals surface area contributed by atoms with Crippen LogP contribution in [-0.4, -0.2) is 64.4 Å². The Morgan fingerprint density at radius 3 is 2.83 bits per heavy atom. The van der Waals surface area contributed by atoms with Crippen LogP contribution in [0.15, 0.2) is 18.2 Å². The maximum atomic E-state index is 9.91. The second kappa shape index (κ2) is 10.5. The lowest BCUT2D eigenvalue weighted by Crippen LogP contribution is -2.32. The van der Waals surface area contributed by atoms with Gasteiger partial charge in [-0.2, -0.15) is 0 Å². The maximum Gasteiger partial charge on any atom is 0.160 e. The topological polar surface area (TPSA) is 69.2 Å². The van der Waals surface area contributed by atoms with Crippen molar-refractivity contribution in [2.45, 2.75) is 31.5 Å². The number of hydrogen-bond donors (Lipinski definition) is 2. The fourth-order valence-corrected chi connectivity index (χ4v) is 2.71. The lowest BCUT2D eigenvalue weighted by molar-refractivity contribution is -0.0163. The van der Waals surface area contributed by atoms with E-state index in [1.54, 1.807) is 14.2 Å². The fraction of sp³-hybridized carbons (Fsp3) is 0.667. The van der Waals surface area contributed by atoms with E-state index < -0.39 is 6.10 Å². The smallest absolute Gasteiger partial charge is 0.160 e. The Morgan fingerprint density at radius 1 is 1.29 bits per heavy atom. The van der Waals surface area contributed by atoms with Gasteiger partial charge in [-0.15, -0.1) is 0 Å². The molecule has 24 heavy (non-hydrogen) atoms. The first-order chi connectivity index (χ1) is 11.7. The molecular weight excluding hydrogens is 310 g/mol. The molecule has 0 spiro atoms. The van der Waals surface area contributed by atoms with E-state index in [9.17, 15) is 5.11 Å². The van der Waals surface area contributed by atoms with Gasteiger partial charge >= 0.3 is 0 Å². The molecule has 1 heterocycles. The molecule has 0 aromatic heterocycles. The minimum Gasteiger partial charge on any atom is -0.493 e. The summed E-state index contributed by atoms with van der Waals surface area (Å²) in [6.07, 6.45) is 2.71. The molecule has 1 saturated heterocycles. The lowest BCUT2D eigenvalue weighted by atomic mass is 10.1. The minimum atomic E-state index is -0.503. The Balaban J connectivity index is 1.58. The molecule has 1 aromatic rings. The SMILES string of the molecule is COc1ccc(CCNC[C@H](O)COC[C@H]2CCCO2)cc1OC. The Kier molecular flexibility index (Phi) is 8.32. The van der Waals surface area contributed by atoms with E-state index in [0.29, 0.717) is 19.8 Å². The highest BCUT2D eigenvalue weighted by molar-refractivity contribution is 5.42. The van der Waals surface area contributed by atoms with Gasteiger partial charge in [0.1, 0.15) is 0 Å². The predicted molar refractivity (Wildman–Crippen MR) is 91.9 cm³/mol. The number of hydrogen-bond acceptors (Lipinski definition) is 6. The van der Waals surface area contributed by atoms with Crippen LogP contribution in [0.2, 0.25) is 0 Å². The van der Waals surface area contributed by atoms with Crippen molar-refractivity contribution in [3.63, 3.8) is 0 Å². The zero-order chi connectivity index (χ0) is 17.2. The normalized spacial score (nSPS) is 18.5. The van der Waals surface area contributed by atoms with Gasteiger partial charge in [0.05, 0.1) is 39.6 Å². The molecule has 6 heteroatoms. The molecule has 1 aromatic carbocycles. The highest BCUT2D eigenvalue weighted by Gasteiger charge is 2.16. The number of aliphatic hydroxyl groups excluding tert-OH is 1.